The highest BCUT2D eigenvalue weighted by Crippen LogP contribution is 2.31. The molecular formula is C16H22N2O. The van der Waals surface area contributed by atoms with Gasteiger partial charge in [0.2, 0.25) is 0 Å². The third-order valence-electron chi connectivity index (χ3n) is 3.73. The Labute approximate surface area is 115 Å². The van der Waals surface area contributed by atoms with Gasteiger partial charge in [-0.15, -0.1) is 0 Å². The molecule has 0 heterocycles. The van der Waals surface area contributed by atoms with E-state index in [2.05, 4.69) is 29.6 Å². The number of nitrogens with one attached hydrogen (secondary N) is 1. The zero-order chi connectivity index (χ0) is 13.5. The van der Waals surface area contributed by atoms with Gasteiger partial charge in [-0.25, -0.2) is 0 Å². The quantitative estimate of drug-likeness (QED) is 0.796. The molecule has 3 heteroatoms. The molecule has 1 N–H and O–H groups in total. The average molecular weight is 258 g/mol. The Kier molecular flexibility index (Phi) is 5.23. The van der Waals surface area contributed by atoms with Crippen LogP contribution in [0.3, 0.4) is 0 Å². The number of hydrogen-bond donors (Lipinski definition) is 1. The Morgan fingerprint density at radius 2 is 2.32 bits per heavy atom. The molecule has 1 aliphatic rings. The summed E-state index contributed by atoms with van der Waals surface area (Å²) in [4.78, 5) is 0. The van der Waals surface area contributed by atoms with Gasteiger partial charge in [0.05, 0.1) is 12.7 Å². The van der Waals surface area contributed by atoms with E-state index >= 15 is 0 Å². The first-order valence-corrected chi connectivity index (χ1v) is 7.15. The maximum atomic E-state index is 8.47. The van der Waals surface area contributed by atoms with Crippen LogP contribution in [0, 0.1) is 11.3 Å². The molecule has 0 amide bonds. The molecule has 1 aromatic rings. The normalized spacial score (nSPS) is 17.6. The molecule has 1 atom stereocenters. The van der Waals surface area contributed by atoms with Gasteiger partial charge < -0.3 is 10.1 Å². The van der Waals surface area contributed by atoms with Crippen molar-refractivity contribution >= 4 is 0 Å². The molecule has 0 saturated heterocycles. The Bertz CT molecular complexity index is 451. The number of nitriles is 1. The summed E-state index contributed by atoms with van der Waals surface area (Å²) in [5.41, 5.74) is 2.84. The zero-order valence-corrected chi connectivity index (χ0v) is 11.6. The first-order chi connectivity index (χ1) is 9.35. The van der Waals surface area contributed by atoms with Gasteiger partial charge in [-0.3, -0.25) is 0 Å². The summed E-state index contributed by atoms with van der Waals surface area (Å²) < 4.78 is 5.76. The van der Waals surface area contributed by atoms with Gasteiger partial charge in [-0.2, -0.15) is 5.26 Å². The van der Waals surface area contributed by atoms with Crippen LogP contribution in [0.5, 0.6) is 5.75 Å². The number of unbranched alkanes of at least 4 members (excludes halogenated alkanes) is 2. The molecule has 0 radical (unpaired) electrons. The Hall–Kier alpha value is -1.53. The lowest BCUT2D eigenvalue weighted by Crippen LogP contribution is -2.21. The smallest absolute Gasteiger partial charge is 0.119 e. The molecular weight excluding hydrogens is 236 g/mol. The molecule has 2 rings (SSSR count). The van der Waals surface area contributed by atoms with Crippen LogP contribution in [0.15, 0.2) is 18.2 Å². The van der Waals surface area contributed by atoms with Crippen LogP contribution in [0.4, 0.5) is 0 Å². The van der Waals surface area contributed by atoms with Gasteiger partial charge in [-0.1, -0.05) is 6.07 Å². The summed E-state index contributed by atoms with van der Waals surface area (Å²) in [5.74, 6) is 0.965. The summed E-state index contributed by atoms with van der Waals surface area (Å²) in [5, 5.41) is 11.8. The van der Waals surface area contributed by atoms with Crippen molar-refractivity contribution in [3.05, 3.63) is 29.3 Å². The number of fused-ring (bicyclic) bond motifs is 1. The molecule has 102 valence electrons. The maximum absolute atomic E-state index is 8.47. The van der Waals surface area contributed by atoms with Gasteiger partial charge in [0.25, 0.3) is 0 Å². The van der Waals surface area contributed by atoms with E-state index in [1.807, 2.05) is 7.05 Å². The molecule has 3 nitrogen and oxygen atoms in total. The van der Waals surface area contributed by atoms with Gasteiger partial charge in [0, 0.05) is 12.5 Å². The van der Waals surface area contributed by atoms with Crippen LogP contribution in [0.25, 0.3) is 0 Å². The average Bonchev–Trinajstić information content (AvgIpc) is 2.46. The molecule has 1 aliphatic carbocycles. The molecule has 0 spiro atoms. The number of ether oxygens (including phenoxy) is 1. The lowest BCUT2D eigenvalue weighted by atomic mass is 9.87. The van der Waals surface area contributed by atoms with E-state index < -0.39 is 0 Å². The van der Waals surface area contributed by atoms with Gasteiger partial charge in [0.15, 0.2) is 0 Å². The van der Waals surface area contributed by atoms with E-state index in [9.17, 15) is 0 Å². The molecule has 19 heavy (non-hydrogen) atoms. The highest BCUT2D eigenvalue weighted by molar-refractivity contribution is 5.39. The molecule has 1 aromatic carbocycles. The van der Waals surface area contributed by atoms with Crippen LogP contribution >= 0.6 is 0 Å². The zero-order valence-electron chi connectivity index (χ0n) is 11.6. The number of nitrogens with zero attached hydrogens (tertiary/aromatic N) is 1. The van der Waals surface area contributed by atoms with Crippen molar-refractivity contribution in [3.8, 4) is 11.8 Å². The second kappa shape index (κ2) is 7.16. The summed E-state index contributed by atoms with van der Waals surface area (Å²) in [7, 11) is 2.03. The first kappa shape index (κ1) is 13.9. The van der Waals surface area contributed by atoms with Crippen molar-refractivity contribution in [3.63, 3.8) is 0 Å². The van der Waals surface area contributed by atoms with E-state index in [0.717, 1.165) is 25.0 Å². The number of benzene rings is 1. The minimum absolute atomic E-state index is 0.494. The standard InChI is InChI=1S/C16H22N2O/c1-18-16-7-5-6-13-12-14(8-9-15(13)16)19-11-4-2-3-10-17/h8-9,12,16,18H,2-7,11H2,1H3. The number of aryl methyl sites for hydroxylation is 1. The summed E-state index contributed by atoms with van der Waals surface area (Å²) in [6.45, 7) is 0.704. The van der Waals surface area contributed by atoms with E-state index in [1.165, 1.54) is 24.0 Å². The molecule has 0 saturated carbocycles. The van der Waals surface area contributed by atoms with Crippen LogP contribution in [-0.2, 0) is 6.42 Å². The van der Waals surface area contributed by atoms with Gasteiger partial charge >= 0.3 is 0 Å². The fourth-order valence-electron chi connectivity index (χ4n) is 2.68. The second-order valence-corrected chi connectivity index (χ2v) is 5.06. The summed E-state index contributed by atoms with van der Waals surface area (Å²) in [6, 6.07) is 9.10. The topological polar surface area (TPSA) is 45.0 Å². The van der Waals surface area contributed by atoms with E-state index in [0.29, 0.717) is 19.1 Å². The minimum atomic E-state index is 0.494. The lowest BCUT2D eigenvalue weighted by Gasteiger charge is -2.25. The number of rotatable bonds is 6. The molecule has 0 bridgehead atoms. The first-order valence-electron chi connectivity index (χ1n) is 7.15. The predicted octanol–water partition coefficient (Wildman–Crippen LogP) is 3.36. The Morgan fingerprint density at radius 1 is 1.42 bits per heavy atom. The SMILES string of the molecule is CNC1CCCc2cc(OCCCCC#N)ccc21. The van der Waals surface area contributed by atoms with Crippen molar-refractivity contribution in [1.29, 1.82) is 5.26 Å². The molecule has 0 fully saturated rings. The Balaban J connectivity index is 1.92. The summed E-state index contributed by atoms with van der Waals surface area (Å²) in [6.07, 6.45) is 6.10. The Morgan fingerprint density at radius 3 is 3.11 bits per heavy atom. The monoisotopic (exact) mass is 258 g/mol. The highest BCUT2D eigenvalue weighted by atomic mass is 16.5. The highest BCUT2D eigenvalue weighted by Gasteiger charge is 2.18. The fraction of sp³-hybridized carbons (Fsp3) is 0.562. The largest absolute Gasteiger partial charge is 0.494 e. The lowest BCUT2D eigenvalue weighted by molar-refractivity contribution is 0.307. The van der Waals surface area contributed by atoms with E-state index in [-0.39, 0.29) is 0 Å². The van der Waals surface area contributed by atoms with Gasteiger partial charge in [0.1, 0.15) is 5.75 Å². The second-order valence-electron chi connectivity index (χ2n) is 5.06. The van der Waals surface area contributed by atoms with Crippen LogP contribution in [0.2, 0.25) is 0 Å². The van der Waals surface area contributed by atoms with Crippen molar-refractivity contribution < 1.29 is 4.74 Å². The number of hydrogen-bond acceptors (Lipinski definition) is 3. The van der Waals surface area contributed by atoms with Crippen molar-refractivity contribution in [2.24, 2.45) is 0 Å². The molecule has 0 aliphatic heterocycles. The molecule has 1 unspecified atom stereocenters. The van der Waals surface area contributed by atoms with Crippen molar-refractivity contribution in [1.82, 2.24) is 5.32 Å². The predicted molar refractivity (Wildman–Crippen MR) is 76.1 cm³/mol. The van der Waals surface area contributed by atoms with E-state index in [4.69, 9.17) is 10.00 Å². The maximum Gasteiger partial charge on any atom is 0.119 e. The third kappa shape index (κ3) is 3.71. The van der Waals surface area contributed by atoms with Crippen molar-refractivity contribution in [2.45, 2.75) is 44.6 Å². The van der Waals surface area contributed by atoms with E-state index in [1.54, 1.807) is 0 Å². The van der Waals surface area contributed by atoms with Crippen LogP contribution in [-0.4, -0.2) is 13.7 Å². The molecule has 0 aromatic heterocycles. The van der Waals surface area contributed by atoms with Crippen LogP contribution < -0.4 is 10.1 Å². The van der Waals surface area contributed by atoms with Crippen molar-refractivity contribution in [2.75, 3.05) is 13.7 Å². The minimum Gasteiger partial charge on any atom is -0.494 e. The third-order valence-corrected chi connectivity index (χ3v) is 3.73. The fourth-order valence-corrected chi connectivity index (χ4v) is 2.68. The summed E-state index contributed by atoms with van der Waals surface area (Å²) >= 11 is 0. The van der Waals surface area contributed by atoms with Crippen LogP contribution in [0.1, 0.15) is 49.3 Å². The van der Waals surface area contributed by atoms with Gasteiger partial charge in [-0.05, 0) is 62.4 Å².